The molecular formula is C17H19F2N5O2. The fourth-order valence-corrected chi connectivity index (χ4v) is 3.47. The maximum absolute atomic E-state index is 13.6. The van der Waals surface area contributed by atoms with Crippen LogP contribution in [0, 0.1) is 11.3 Å². The van der Waals surface area contributed by atoms with Gasteiger partial charge in [-0.2, -0.15) is 5.26 Å². The third kappa shape index (κ3) is 3.24. The molecule has 1 aromatic heterocycles. The summed E-state index contributed by atoms with van der Waals surface area (Å²) in [7, 11) is 0. The highest BCUT2D eigenvalue weighted by atomic mass is 19.3. The lowest BCUT2D eigenvalue weighted by molar-refractivity contribution is -0.133. The number of halogens is 2. The van der Waals surface area contributed by atoms with Gasteiger partial charge in [-0.1, -0.05) is 0 Å². The number of nitrogens with zero attached hydrogens (tertiary/aromatic N) is 3. The molecule has 1 fully saturated rings. The smallest absolute Gasteiger partial charge is 0.268 e. The average molecular weight is 363 g/mol. The van der Waals surface area contributed by atoms with Gasteiger partial charge in [0.25, 0.3) is 11.8 Å². The second-order valence-corrected chi connectivity index (χ2v) is 6.71. The van der Waals surface area contributed by atoms with Crippen LogP contribution in [0.3, 0.4) is 0 Å². The number of amides is 2. The number of hydrogen-bond acceptors (Lipinski definition) is 5. The summed E-state index contributed by atoms with van der Waals surface area (Å²) >= 11 is 0. The Morgan fingerprint density at radius 2 is 2.27 bits per heavy atom. The van der Waals surface area contributed by atoms with E-state index in [2.05, 4.69) is 10.3 Å². The van der Waals surface area contributed by atoms with Gasteiger partial charge in [-0.3, -0.25) is 14.6 Å². The third-order valence-corrected chi connectivity index (χ3v) is 4.83. The number of carbonyl (C=O) groups is 2. The van der Waals surface area contributed by atoms with Crippen LogP contribution < -0.4 is 11.1 Å². The summed E-state index contributed by atoms with van der Waals surface area (Å²) in [5.41, 5.74) is 7.31. The predicted molar refractivity (Wildman–Crippen MR) is 87.3 cm³/mol. The molecule has 138 valence electrons. The molecule has 2 atom stereocenters. The van der Waals surface area contributed by atoms with Gasteiger partial charge in [-0.15, -0.1) is 0 Å². The number of alkyl halides is 2. The standard InChI is InChI=1S/C17H19F2N5O2/c1-9(16(26)24-8-17(18,19)5-11(24)6-20)14-12(15(21)25)4-10-2-3-22-7-13(10)23-14/h4,9,11,22H,2-3,5,7-8H2,1H3,(H2,21,25)/t9-,11+/m1/s1. The first-order chi connectivity index (χ1) is 12.2. The molecule has 2 aliphatic rings. The zero-order valence-corrected chi connectivity index (χ0v) is 14.3. The van der Waals surface area contributed by atoms with Gasteiger partial charge in [-0.05, 0) is 31.5 Å². The zero-order valence-electron chi connectivity index (χ0n) is 14.3. The van der Waals surface area contributed by atoms with Gasteiger partial charge in [0.05, 0.1) is 35.5 Å². The summed E-state index contributed by atoms with van der Waals surface area (Å²) in [6, 6.07) is 2.18. The normalized spacial score (nSPS) is 22.4. The van der Waals surface area contributed by atoms with Crippen LogP contribution in [-0.4, -0.2) is 46.8 Å². The SMILES string of the molecule is C[C@@H](C(=O)N1CC(F)(F)C[C@H]1C#N)c1nc2c(cc1C(N)=O)CCNC2. The quantitative estimate of drug-likeness (QED) is 0.821. The number of nitrogens with one attached hydrogen (secondary N) is 1. The van der Waals surface area contributed by atoms with Gasteiger partial charge in [-0.25, -0.2) is 8.78 Å². The van der Waals surface area contributed by atoms with Gasteiger partial charge in [0.15, 0.2) is 0 Å². The van der Waals surface area contributed by atoms with Crippen LogP contribution in [0.4, 0.5) is 8.78 Å². The average Bonchev–Trinajstić information content (AvgIpc) is 2.94. The van der Waals surface area contributed by atoms with Gasteiger partial charge in [0.2, 0.25) is 5.91 Å². The molecule has 1 saturated heterocycles. The fraction of sp³-hybridized carbons (Fsp3) is 0.529. The third-order valence-electron chi connectivity index (χ3n) is 4.83. The van der Waals surface area contributed by atoms with Gasteiger partial charge in [0, 0.05) is 13.0 Å². The summed E-state index contributed by atoms with van der Waals surface area (Å²) in [4.78, 5) is 29.9. The van der Waals surface area contributed by atoms with E-state index >= 15 is 0 Å². The maximum Gasteiger partial charge on any atom is 0.268 e. The minimum atomic E-state index is -3.10. The number of hydrogen-bond donors (Lipinski definition) is 2. The number of rotatable bonds is 3. The van der Waals surface area contributed by atoms with Crippen molar-refractivity contribution in [2.45, 2.75) is 44.2 Å². The van der Waals surface area contributed by atoms with Crippen molar-refractivity contribution >= 4 is 11.8 Å². The summed E-state index contributed by atoms with van der Waals surface area (Å²) in [6.45, 7) is 1.91. The molecule has 0 spiro atoms. The highest BCUT2D eigenvalue weighted by Gasteiger charge is 2.48. The Labute approximate surface area is 149 Å². The molecule has 3 heterocycles. The van der Waals surface area contributed by atoms with E-state index in [9.17, 15) is 18.4 Å². The molecule has 0 radical (unpaired) electrons. The number of aromatic nitrogens is 1. The number of likely N-dealkylation sites (tertiary alicyclic amines) is 1. The second-order valence-electron chi connectivity index (χ2n) is 6.71. The molecule has 2 amide bonds. The van der Waals surface area contributed by atoms with Crippen LogP contribution >= 0.6 is 0 Å². The van der Waals surface area contributed by atoms with E-state index in [0.29, 0.717) is 18.7 Å². The van der Waals surface area contributed by atoms with E-state index in [1.54, 1.807) is 12.1 Å². The number of fused-ring (bicyclic) bond motifs is 1. The van der Waals surface area contributed by atoms with Crippen LogP contribution in [0.2, 0.25) is 0 Å². The second kappa shape index (κ2) is 6.61. The molecule has 3 N–H and O–H groups in total. The van der Waals surface area contributed by atoms with Crippen molar-refractivity contribution in [3.63, 3.8) is 0 Å². The summed E-state index contributed by atoms with van der Waals surface area (Å²) in [6.07, 6.45) is -0.00769. The first-order valence-corrected chi connectivity index (χ1v) is 8.34. The van der Waals surface area contributed by atoms with Gasteiger partial charge in [0.1, 0.15) is 6.04 Å². The topological polar surface area (TPSA) is 112 Å². The maximum atomic E-state index is 13.6. The molecule has 0 aliphatic carbocycles. The van der Waals surface area contributed by atoms with E-state index in [0.717, 1.165) is 17.0 Å². The van der Waals surface area contributed by atoms with Crippen LogP contribution in [0.5, 0.6) is 0 Å². The molecular weight excluding hydrogens is 344 g/mol. The molecule has 0 unspecified atom stereocenters. The van der Waals surface area contributed by atoms with Crippen molar-refractivity contribution in [3.05, 3.63) is 28.6 Å². The van der Waals surface area contributed by atoms with Gasteiger partial charge < -0.3 is 16.0 Å². The summed E-state index contributed by atoms with van der Waals surface area (Å²) < 4.78 is 27.3. The minimum Gasteiger partial charge on any atom is -0.366 e. The van der Waals surface area contributed by atoms with Crippen molar-refractivity contribution in [1.82, 2.24) is 15.2 Å². The molecule has 2 aliphatic heterocycles. The summed E-state index contributed by atoms with van der Waals surface area (Å²) in [5, 5.41) is 12.2. The molecule has 3 rings (SSSR count). The lowest BCUT2D eigenvalue weighted by atomic mass is 9.95. The lowest BCUT2D eigenvalue weighted by Crippen LogP contribution is -2.39. The molecule has 0 aromatic carbocycles. The molecule has 7 nitrogen and oxygen atoms in total. The number of carbonyl (C=O) groups excluding carboxylic acids is 2. The lowest BCUT2D eigenvalue weighted by Gasteiger charge is -2.25. The van der Waals surface area contributed by atoms with Gasteiger partial charge >= 0.3 is 0 Å². The molecule has 0 bridgehead atoms. The zero-order chi connectivity index (χ0) is 19.1. The Morgan fingerprint density at radius 1 is 1.54 bits per heavy atom. The monoisotopic (exact) mass is 363 g/mol. The Hall–Kier alpha value is -2.60. The first-order valence-electron chi connectivity index (χ1n) is 8.34. The van der Waals surface area contributed by atoms with Crippen molar-refractivity contribution in [2.75, 3.05) is 13.1 Å². The molecule has 26 heavy (non-hydrogen) atoms. The Bertz CT molecular complexity index is 805. The fourth-order valence-electron chi connectivity index (χ4n) is 3.47. The Kier molecular flexibility index (Phi) is 4.63. The van der Waals surface area contributed by atoms with E-state index < -0.39 is 42.7 Å². The molecule has 1 aromatic rings. The van der Waals surface area contributed by atoms with Crippen LogP contribution in [-0.2, 0) is 17.8 Å². The van der Waals surface area contributed by atoms with Crippen molar-refractivity contribution < 1.29 is 18.4 Å². The highest BCUT2D eigenvalue weighted by Crippen LogP contribution is 2.34. The Morgan fingerprint density at radius 3 is 2.92 bits per heavy atom. The van der Waals surface area contributed by atoms with E-state index in [4.69, 9.17) is 11.0 Å². The number of nitrogens with two attached hydrogens (primary N) is 1. The minimum absolute atomic E-state index is 0.117. The first kappa shape index (κ1) is 18.2. The van der Waals surface area contributed by atoms with Crippen molar-refractivity contribution in [3.8, 4) is 6.07 Å². The van der Waals surface area contributed by atoms with Crippen LogP contribution in [0.1, 0.15) is 46.6 Å². The van der Waals surface area contributed by atoms with Crippen LogP contribution in [0.15, 0.2) is 6.07 Å². The number of primary amides is 1. The summed E-state index contributed by atoms with van der Waals surface area (Å²) in [5.74, 6) is -5.45. The Balaban J connectivity index is 1.96. The van der Waals surface area contributed by atoms with E-state index in [1.165, 1.54) is 6.92 Å². The predicted octanol–water partition coefficient (Wildman–Crippen LogP) is 0.689. The number of pyridine rings is 1. The number of nitriles is 1. The van der Waals surface area contributed by atoms with Crippen LogP contribution in [0.25, 0.3) is 0 Å². The van der Waals surface area contributed by atoms with Crippen molar-refractivity contribution in [2.24, 2.45) is 5.73 Å². The highest BCUT2D eigenvalue weighted by molar-refractivity contribution is 5.96. The van der Waals surface area contributed by atoms with E-state index in [1.807, 2.05) is 0 Å². The molecule has 0 saturated carbocycles. The molecule has 9 heteroatoms. The van der Waals surface area contributed by atoms with Crippen molar-refractivity contribution in [1.29, 1.82) is 5.26 Å². The van der Waals surface area contributed by atoms with E-state index in [-0.39, 0.29) is 11.3 Å². The largest absolute Gasteiger partial charge is 0.366 e.